The highest BCUT2D eigenvalue weighted by Gasteiger charge is 2.29. The van der Waals surface area contributed by atoms with E-state index in [0.717, 1.165) is 31.8 Å². The Labute approximate surface area is 138 Å². The maximum Gasteiger partial charge on any atom is 0.159 e. The molecule has 0 aromatic heterocycles. The first kappa shape index (κ1) is 16.0. The van der Waals surface area contributed by atoms with Gasteiger partial charge in [-0.1, -0.05) is 50.3 Å². The van der Waals surface area contributed by atoms with Crippen molar-refractivity contribution in [3.8, 4) is 0 Å². The van der Waals surface area contributed by atoms with Crippen molar-refractivity contribution in [2.75, 3.05) is 13.1 Å². The van der Waals surface area contributed by atoms with Gasteiger partial charge in [0.1, 0.15) is 11.9 Å². The molecule has 1 aliphatic heterocycles. The molecule has 0 fully saturated rings. The number of nitrogens with zero attached hydrogens (tertiary/aromatic N) is 1. The monoisotopic (exact) mass is 311 g/mol. The molecular weight excluding hydrogens is 286 g/mol. The summed E-state index contributed by atoms with van der Waals surface area (Å²) >= 11 is 0. The smallest absolute Gasteiger partial charge is 0.159 e. The summed E-state index contributed by atoms with van der Waals surface area (Å²) in [5.74, 6) is 1.01. The molecule has 3 heteroatoms. The lowest BCUT2D eigenvalue weighted by atomic mass is 9.79. The first-order chi connectivity index (χ1) is 11.0. The number of carbonyl (C=O) groups excluding carboxylic acids is 1. The van der Waals surface area contributed by atoms with Crippen LogP contribution in [0.4, 0.5) is 0 Å². The first-order valence-electron chi connectivity index (χ1n) is 8.33. The van der Waals surface area contributed by atoms with E-state index in [1.165, 1.54) is 5.56 Å². The van der Waals surface area contributed by atoms with Crippen molar-refractivity contribution in [1.82, 2.24) is 4.90 Å². The fraction of sp³-hybridized carbons (Fsp3) is 0.450. The van der Waals surface area contributed by atoms with Crippen molar-refractivity contribution in [2.45, 2.75) is 39.3 Å². The number of carbonyl (C=O) groups is 1. The number of ketones is 1. The van der Waals surface area contributed by atoms with Crippen LogP contribution in [0.15, 0.2) is 54.3 Å². The molecular formula is C20H25NO2. The van der Waals surface area contributed by atoms with Crippen molar-refractivity contribution in [1.29, 1.82) is 0 Å². The second-order valence-electron chi connectivity index (χ2n) is 7.36. The molecule has 3 rings (SSSR count). The number of rotatable bonds is 4. The van der Waals surface area contributed by atoms with Gasteiger partial charge in [-0.15, -0.1) is 0 Å². The van der Waals surface area contributed by atoms with Gasteiger partial charge >= 0.3 is 0 Å². The summed E-state index contributed by atoms with van der Waals surface area (Å²) in [6.45, 7) is 6.98. The number of hydrogen-bond acceptors (Lipinski definition) is 3. The summed E-state index contributed by atoms with van der Waals surface area (Å²) in [6.07, 6.45) is 7.44. The SMILES string of the molecule is CC1(C)CC(=O)C=C(O[C@H]2C=CCN(Cc3ccccc3)C2)C1. The molecule has 1 aliphatic carbocycles. The van der Waals surface area contributed by atoms with Crippen molar-refractivity contribution >= 4 is 5.78 Å². The minimum Gasteiger partial charge on any atom is -0.489 e. The van der Waals surface area contributed by atoms with E-state index in [0.29, 0.717) is 6.42 Å². The molecule has 0 unspecified atom stereocenters. The van der Waals surface area contributed by atoms with Gasteiger partial charge in [-0.05, 0) is 17.1 Å². The lowest BCUT2D eigenvalue weighted by molar-refractivity contribution is -0.117. The molecule has 1 heterocycles. The molecule has 122 valence electrons. The molecule has 0 N–H and O–H groups in total. The zero-order chi connectivity index (χ0) is 16.3. The van der Waals surface area contributed by atoms with Crippen LogP contribution in [0.25, 0.3) is 0 Å². The number of hydrogen-bond donors (Lipinski definition) is 0. The average molecular weight is 311 g/mol. The summed E-state index contributed by atoms with van der Waals surface area (Å²) in [6, 6.07) is 10.5. The summed E-state index contributed by atoms with van der Waals surface area (Å²) < 4.78 is 6.12. The Kier molecular flexibility index (Phi) is 4.67. The largest absolute Gasteiger partial charge is 0.489 e. The molecule has 0 bridgehead atoms. The van der Waals surface area contributed by atoms with Gasteiger partial charge in [-0.2, -0.15) is 0 Å². The van der Waals surface area contributed by atoms with Crippen molar-refractivity contribution in [3.63, 3.8) is 0 Å². The van der Waals surface area contributed by atoms with Crippen LogP contribution in [-0.2, 0) is 16.1 Å². The van der Waals surface area contributed by atoms with E-state index < -0.39 is 0 Å². The van der Waals surface area contributed by atoms with Gasteiger partial charge in [0.15, 0.2) is 5.78 Å². The van der Waals surface area contributed by atoms with Crippen LogP contribution in [0.2, 0.25) is 0 Å². The number of allylic oxidation sites excluding steroid dienone is 2. The van der Waals surface area contributed by atoms with Gasteiger partial charge in [-0.25, -0.2) is 0 Å². The third-order valence-electron chi connectivity index (χ3n) is 4.33. The molecule has 23 heavy (non-hydrogen) atoms. The number of benzene rings is 1. The van der Waals surface area contributed by atoms with Crippen LogP contribution in [-0.4, -0.2) is 29.9 Å². The molecule has 2 aliphatic rings. The third kappa shape index (κ3) is 4.55. The highest BCUT2D eigenvalue weighted by Crippen LogP contribution is 2.34. The summed E-state index contributed by atoms with van der Waals surface area (Å²) in [5, 5.41) is 0. The zero-order valence-corrected chi connectivity index (χ0v) is 14.0. The molecule has 0 saturated carbocycles. The average Bonchev–Trinajstić information content (AvgIpc) is 2.46. The molecule has 0 saturated heterocycles. The van der Waals surface area contributed by atoms with Crippen LogP contribution in [0.1, 0.15) is 32.3 Å². The van der Waals surface area contributed by atoms with E-state index >= 15 is 0 Å². The Hall–Kier alpha value is -1.87. The van der Waals surface area contributed by atoms with Crippen LogP contribution < -0.4 is 0 Å². The Morgan fingerprint density at radius 2 is 2.00 bits per heavy atom. The molecule has 0 radical (unpaired) electrons. The van der Waals surface area contributed by atoms with Crippen molar-refractivity contribution in [3.05, 3.63) is 59.9 Å². The fourth-order valence-electron chi connectivity index (χ4n) is 3.36. The van der Waals surface area contributed by atoms with E-state index in [-0.39, 0.29) is 17.3 Å². The highest BCUT2D eigenvalue weighted by atomic mass is 16.5. The summed E-state index contributed by atoms with van der Waals surface area (Å²) in [4.78, 5) is 14.2. The van der Waals surface area contributed by atoms with Gasteiger partial charge < -0.3 is 4.74 Å². The van der Waals surface area contributed by atoms with Crippen LogP contribution in [0, 0.1) is 5.41 Å². The van der Waals surface area contributed by atoms with Gasteiger partial charge in [0, 0.05) is 38.6 Å². The lowest BCUT2D eigenvalue weighted by Gasteiger charge is -2.33. The lowest BCUT2D eigenvalue weighted by Crippen LogP contribution is -2.36. The standard InChI is InChI=1S/C20H25NO2/c1-20(2)12-17(22)11-19(13-20)23-18-9-6-10-21(15-18)14-16-7-4-3-5-8-16/h3-9,11,18H,10,12-15H2,1-2H3/t18-/m0/s1. The van der Waals surface area contributed by atoms with Crippen molar-refractivity contribution < 1.29 is 9.53 Å². The zero-order valence-electron chi connectivity index (χ0n) is 14.0. The predicted octanol–water partition coefficient (Wildman–Crippen LogP) is 3.72. The van der Waals surface area contributed by atoms with Gasteiger partial charge in [-0.3, -0.25) is 9.69 Å². The summed E-state index contributed by atoms with van der Waals surface area (Å²) in [7, 11) is 0. The first-order valence-corrected chi connectivity index (χ1v) is 8.33. The van der Waals surface area contributed by atoms with E-state index in [2.05, 4.69) is 55.2 Å². The molecule has 0 amide bonds. The topological polar surface area (TPSA) is 29.5 Å². The predicted molar refractivity (Wildman–Crippen MR) is 91.8 cm³/mol. The third-order valence-corrected chi connectivity index (χ3v) is 4.33. The molecule has 0 spiro atoms. The second-order valence-corrected chi connectivity index (χ2v) is 7.36. The Bertz CT molecular complexity index is 616. The van der Waals surface area contributed by atoms with E-state index in [1.807, 2.05) is 6.07 Å². The molecule has 1 aromatic rings. The van der Waals surface area contributed by atoms with E-state index in [4.69, 9.17) is 4.74 Å². The maximum absolute atomic E-state index is 11.9. The minimum atomic E-state index is 0.00325. The second kappa shape index (κ2) is 6.71. The normalized spacial score (nSPS) is 24.3. The number of ether oxygens (including phenoxy) is 1. The van der Waals surface area contributed by atoms with Crippen molar-refractivity contribution in [2.24, 2.45) is 5.41 Å². The quantitative estimate of drug-likeness (QED) is 0.794. The highest BCUT2D eigenvalue weighted by molar-refractivity contribution is 5.91. The van der Waals surface area contributed by atoms with Crippen LogP contribution >= 0.6 is 0 Å². The molecule has 1 aromatic carbocycles. The molecule has 3 nitrogen and oxygen atoms in total. The Morgan fingerprint density at radius 1 is 1.22 bits per heavy atom. The summed E-state index contributed by atoms with van der Waals surface area (Å²) in [5.41, 5.74) is 1.32. The van der Waals surface area contributed by atoms with E-state index in [1.54, 1.807) is 6.08 Å². The van der Waals surface area contributed by atoms with Crippen LogP contribution in [0.3, 0.4) is 0 Å². The Balaban J connectivity index is 1.60. The van der Waals surface area contributed by atoms with Gasteiger partial charge in [0.05, 0.1) is 0 Å². The fourth-order valence-corrected chi connectivity index (χ4v) is 3.36. The minimum absolute atomic E-state index is 0.00325. The van der Waals surface area contributed by atoms with Gasteiger partial charge in [0.25, 0.3) is 0 Å². The van der Waals surface area contributed by atoms with E-state index in [9.17, 15) is 4.79 Å². The maximum atomic E-state index is 11.9. The molecule has 1 atom stereocenters. The van der Waals surface area contributed by atoms with Gasteiger partial charge in [0.2, 0.25) is 0 Å². The Morgan fingerprint density at radius 3 is 2.74 bits per heavy atom. The van der Waals surface area contributed by atoms with Crippen LogP contribution in [0.5, 0.6) is 0 Å².